The summed E-state index contributed by atoms with van der Waals surface area (Å²) in [4.78, 5) is 14.7. The molecule has 0 bridgehead atoms. The molecule has 1 aliphatic rings. The Hall–Kier alpha value is -1.61. The standard InChI is InChI=1S/C15H18N2O/c18-15-14-6-2-1-5-13(14)7-10-17(15)12-11-16-8-3-4-9-16/h1-2,5-7,10H,3-4,8-9,11-12H2. The molecule has 1 aromatic heterocycles. The molecule has 1 aliphatic heterocycles. The van der Waals surface area contributed by atoms with Gasteiger partial charge in [0.15, 0.2) is 0 Å². The monoisotopic (exact) mass is 242 g/mol. The van der Waals surface area contributed by atoms with E-state index in [1.807, 2.05) is 41.1 Å². The molecule has 1 aromatic carbocycles. The van der Waals surface area contributed by atoms with Crippen LogP contribution in [-0.2, 0) is 6.54 Å². The number of aromatic nitrogens is 1. The van der Waals surface area contributed by atoms with Gasteiger partial charge in [-0.05, 0) is 43.5 Å². The van der Waals surface area contributed by atoms with E-state index >= 15 is 0 Å². The van der Waals surface area contributed by atoms with E-state index in [0.717, 1.165) is 23.9 Å². The molecule has 2 heterocycles. The molecule has 0 radical (unpaired) electrons. The highest BCUT2D eigenvalue weighted by atomic mass is 16.1. The highest BCUT2D eigenvalue weighted by molar-refractivity contribution is 5.81. The Morgan fingerprint density at radius 3 is 2.61 bits per heavy atom. The van der Waals surface area contributed by atoms with Crippen LogP contribution in [0.3, 0.4) is 0 Å². The Labute approximate surface area is 107 Å². The predicted octanol–water partition coefficient (Wildman–Crippen LogP) is 2.10. The Kier molecular flexibility index (Phi) is 3.15. The molecule has 0 amide bonds. The zero-order valence-electron chi connectivity index (χ0n) is 10.5. The van der Waals surface area contributed by atoms with Crippen LogP contribution in [0.4, 0.5) is 0 Å². The van der Waals surface area contributed by atoms with Crippen LogP contribution >= 0.6 is 0 Å². The molecule has 94 valence electrons. The van der Waals surface area contributed by atoms with Gasteiger partial charge < -0.3 is 9.47 Å². The van der Waals surface area contributed by atoms with Crippen LogP contribution in [0.2, 0.25) is 0 Å². The molecule has 0 N–H and O–H groups in total. The van der Waals surface area contributed by atoms with E-state index in [-0.39, 0.29) is 5.56 Å². The van der Waals surface area contributed by atoms with Crippen LogP contribution in [0.15, 0.2) is 41.3 Å². The predicted molar refractivity (Wildman–Crippen MR) is 73.9 cm³/mol. The molecule has 0 spiro atoms. The maximum Gasteiger partial charge on any atom is 0.258 e. The summed E-state index contributed by atoms with van der Waals surface area (Å²) in [5, 5.41) is 1.85. The lowest BCUT2D eigenvalue weighted by Gasteiger charge is -2.15. The molecule has 0 unspecified atom stereocenters. The number of hydrogen-bond donors (Lipinski definition) is 0. The van der Waals surface area contributed by atoms with Gasteiger partial charge in [-0.2, -0.15) is 0 Å². The van der Waals surface area contributed by atoms with E-state index in [1.54, 1.807) is 0 Å². The lowest BCUT2D eigenvalue weighted by atomic mass is 10.2. The summed E-state index contributed by atoms with van der Waals surface area (Å²) in [5.41, 5.74) is 0.132. The summed E-state index contributed by atoms with van der Waals surface area (Å²) >= 11 is 0. The van der Waals surface area contributed by atoms with Crippen molar-refractivity contribution in [1.82, 2.24) is 9.47 Å². The maximum atomic E-state index is 12.3. The summed E-state index contributed by atoms with van der Waals surface area (Å²) in [7, 11) is 0. The molecule has 3 heteroatoms. The fourth-order valence-corrected chi connectivity index (χ4v) is 2.66. The highest BCUT2D eigenvalue weighted by Crippen LogP contribution is 2.09. The number of fused-ring (bicyclic) bond motifs is 1. The second kappa shape index (κ2) is 4.94. The van der Waals surface area contributed by atoms with Crippen molar-refractivity contribution in [3.63, 3.8) is 0 Å². The number of hydrogen-bond acceptors (Lipinski definition) is 2. The van der Waals surface area contributed by atoms with Crippen LogP contribution in [0.1, 0.15) is 12.8 Å². The number of rotatable bonds is 3. The average Bonchev–Trinajstić information content (AvgIpc) is 2.91. The van der Waals surface area contributed by atoms with Gasteiger partial charge in [0.25, 0.3) is 5.56 Å². The molecule has 2 aromatic rings. The van der Waals surface area contributed by atoms with E-state index in [2.05, 4.69) is 4.90 Å². The Morgan fingerprint density at radius 2 is 1.78 bits per heavy atom. The van der Waals surface area contributed by atoms with E-state index in [9.17, 15) is 4.79 Å². The fourth-order valence-electron chi connectivity index (χ4n) is 2.66. The van der Waals surface area contributed by atoms with Crippen LogP contribution in [0.25, 0.3) is 10.8 Å². The lowest BCUT2D eigenvalue weighted by molar-refractivity contribution is 0.321. The van der Waals surface area contributed by atoms with Crippen molar-refractivity contribution in [3.05, 3.63) is 46.9 Å². The van der Waals surface area contributed by atoms with Gasteiger partial charge in [-0.3, -0.25) is 4.79 Å². The van der Waals surface area contributed by atoms with Crippen LogP contribution in [0.5, 0.6) is 0 Å². The van der Waals surface area contributed by atoms with Crippen molar-refractivity contribution in [2.45, 2.75) is 19.4 Å². The van der Waals surface area contributed by atoms with Crippen molar-refractivity contribution in [2.24, 2.45) is 0 Å². The molecular formula is C15H18N2O. The highest BCUT2D eigenvalue weighted by Gasteiger charge is 2.11. The minimum atomic E-state index is 0.132. The molecule has 0 saturated carbocycles. The second-order valence-corrected chi connectivity index (χ2v) is 4.95. The average molecular weight is 242 g/mol. The van der Waals surface area contributed by atoms with E-state index in [4.69, 9.17) is 0 Å². The van der Waals surface area contributed by atoms with E-state index < -0.39 is 0 Å². The summed E-state index contributed by atoms with van der Waals surface area (Å²) in [6.07, 6.45) is 4.51. The Morgan fingerprint density at radius 1 is 1.00 bits per heavy atom. The molecule has 1 saturated heterocycles. The molecule has 3 nitrogen and oxygen atoms in total. The summed E-state index contributed by atoms with van der Waals surface area (Å²) in [5.74, 6) is 0. The molecule has 18 heavy (non-hydrogen) atoms. The Balaban J connectivity index is 1.83. The smallest absolute Gasteiger partial charge is 0.258 e. The zero-order chi connectivity index (χ0) is 12.4. The van der Waals surface area contributed by atoms with Crippen LogP contribution in [0, 0.1) is 0 Å². The number of benzene rings is 1. The third-order valence-corrected chi connectivity index (χ3v) is 3.74. The van der Waals surface area contributed by atoms with Crippen LogP contribution < -0.4 is 5.56 Å². The first-order valence-corrected chi connectivity index (χ1v) is 6.65. The van der Waals surface area contributed by atoms with Gasteiger partial charge in [0, 0.05) is 24.7 Å². The van der Waals surface area contributed by atoms with Crippen molar-refractivity contribution in [1.29, 1.82) is 0 Å². The third-order valence-electron chi connectivity index (χ3n) is 3.74. The van der Waals surface area contributed by atoms with E-state index in [0.29, 0.717) is 0 Å². The van der Waals surface area contributed by atoms with E-state index in [1.165, 1.54) is 25.9 Å². The van der Waals surface area contributed by atoms with Gasteiger partial charge in [-0.1, -0.05) is 18.2 Å². The minimum Gasteiger partial charge on any atom is -0.314 e. The summed E-state index contributed by atoms with van der Waals surface area (Å²) in [6.45, 7) is 4.15. The first kappa shape index (κ1) is 11.5. The fraction of sp³-hybridized carbons (Fsp3) is 0.400. The third kappa shape index (κ3) is 2.18. The molecular weight excluding hydrogens is 224 g/mol. The topological polar surface area (TPSA) is 25.2 Å². The van der Waals surface area contributed by atoms with Gasteiger partial charge in [0.05, 0.1) is 0 Å². The molecule has 0 atom stereocenters. The van der Waals surface area contributed by atoms with Gasteiger partial charge in [-0.25, -0.2) is 0 Å². The van der Waals surface area contributed by atoms with Gasteiger partial charge in [0.1, 0.15) is 0 Å². The molecule has 0 aliphatic carbocycles. The second-order valence-electron chi connectivity index (χ2n) is 4.95. The maximum absolute atomic E-state index is 12.3. The Bertz CT molecular complexity index is 597. The lowest BCUT2D eigenvalue weighted by Crippen LogP contribution is -2.28. The molecule has 1 fully saturated rings. The van der Waals surface area contributed by atoms with Gasteiger partial charge >= 0.3 is 0 Å². The van der Waals surface area contributed by atoms with Gasteiger partial charge in [-0.15, -0.1) is 0 Å². The zero-order valence-corrected chi connectivity index (χ0v) is 10.5. The number of pyridine rings is 1. The minimum absolute atomic E-state index is 0.132. The van der Waals surface area contributed by atoms with Crippen molar-refractivity contribution >= 4 is 10.8 Å². The largest absolute Gasteiger partial charge is 0.314 e. The van der Waals surface area contributed by atoms with Crippen molar-refractivity contribution in [3.8, 4) is 0 Å². The van der Waals surface area contributed by atoms with Crippen LogP contribution in [-0.4, -0.2) is 29.1 Å². The summed E-state index contributed by atoms with van der Waals surface area (Å²) in [6, 6.07) is 9.82. The normalized spacial score (nSPS) is 16.4. The quantitative estimate of drug-likeness (QED) is 0.823. The van der Waals surface area contributed by atoms with Crippen molar-refractivity contribution in [2.75, 3.05) is 19.6 Å². The first-order valence-electron chi connectivity index (χ1n) is 6.65. The number of likely N-dealkylation sites (tertiary alicyclic amines) is 1. The van der Waals surface area contributed by atoms with Gasteiger partial charge in [0.2, 0.25) is 0 Å². The van der Waals surface area contributed by atoms with Crippen molar-refractivity contribution < 1.29 is 0 Å². The number of nitrogens with zero attached hydrogens (tertiary/aromatic N) is 2. The SMILES string of the molecule is O=c1c2ccccc2ccn1CCN1CCCC1. The first-order chi connectivity index (χ1) is 8.84. The molecule has 3 rings (SSSR count). The summed E-state index contributed by atoms with van der Waals surface area (Å²) < 4.78 is 1.83.